The number of aliphatic hydroxyl groups is 1. The Hall–Kier alpha value is -3.12. The van der Waals surface area contributed by atoms with Crippen molar-refractivity contribution in [3.8, 4) is 16.9 Å². The van der Waals surface area contributed by atoms with Gasteiger partial charge in [-0.25, -0.2) is 13.1 Å². The molecule has 0 aliphatic rings. The number of benzene rings is 3. The number of sulfonamides is 1. The van der Waals surface area contributed by atoms with Crippen LogP contribution in [0.2, 0.25) is 0 Å². The second-order valence-electron chi connectivity index (χ2n) is 8.86. The summed E-state index contributed by atoms with van der Waals surface area (Å²) in [5.41, 5.74) is 2.65. The zero-order valence-electron chi connectivity index (χ0n) is 21.2. The number of aliphatic hydroxyl groups excluding tert-OH is 1. The maximum atomic E-state index is 12.8. The standard InChI is InChI=1S/C27H29F3N2O5S.ClH/c1-18(25(33)21-6-4-3-5-7-21)31-15-14-19-8-10-20(11-9-19)22-12-13-23(26(34)32-38(2,35)36)24(16-22)37-17-27(28,29)30;/h3-13,16,18,25,31,33H,14-15,17H2,1-2H3,(H,32,34);1H/t18-,25-;/m0./s1. The van der Waals surface area contributed by atoms with Crippen LogP contribution in [0.3, 0.4) is 0 Å². The van der Waals surface area contributed by atoms with Gasteiger partial charge in [-0.2, -0.15) is 13.2 Å². The molecule has 39 heavy (non-hydrogen) atoms. The summed E-state index contributed by atoms with van der Waals surface area (Å²) in [6.45, 7) is 0.877. The summed E-state index contributed by atoms with van der Waals surface area (Å²) < 4.78 is 67.6. The van der Waals surface area contributed by atoms with Gasteiger partial charge in [-0.15, -0.1) is 12.4 Å². The average molecular weight is 587 g/mol. The highest BCUT2D eigenvalue weighted by Crippen LogP contribution is 2.29. The highest BCUT2D eigenvalue weighted by molar-refractivity contribution is 7.89. The Bertz CT molecular complexity index is 1340. The van der Waals surface area contributed by atoms with Gasteiger partial charge in [-0.1, -0.05) is 60.7 Å². The predicted octanol–water partition coefficient (Wildman–Crippen LogP) is 4.66. The highest BCUT2D eigenvalue weighted by atomic mass is 35.5. The molecule has 3 aromatic rings. The molecule has 0 spiro atoms. The van der Waals surface area contributed by atoms with E-state index in [4.69, 9.17) is 4.74 Å². The number of alkyl halides is 3. The quantitative estimate of drug-likeness (QED) is 0.302. The molecule has 0 saturated carbocycles. The Morgan fingerprint density at radius 1 is 1.00 bits per heavy atom. The van der Waals surface area contributed by atoms with Crippen molar-refractivity contribution in [2.75, 3.05) is 19.4 Å². The van der Waals surface area contributed by atoms with Gasteiger partial charge in [0.05, 0.1) is 17.9 Å². The Kier molecular flexibility index (Phi) is 11.3. The third-order valence-electron chi connectivity index (χ3n) is 5.68. The van der Waals surface area contributed by atoms with Crippen LogP contribution in [0, 0.1) is 0 Å². The van der Waals surface area contributed by atoms with Crippen molar-refractivity contribution in [1.82, 2.24) is 10.0 Å². The number of ether oxygens (including phenoxy) is 1. The first kappa shape index (κ1) is 32.1. The van der Waals surface area contributed by atoms with Crippen LogP contribution in [-0.2, 0) is 16.4 Å². The van der Waals surface area contributed by atoms with E-state index >= 15 is 0 Å². The molecule has 2 atom stereocenters. The molecule has 1 amide bonds. The Morgan fingerprint density at radius 2 is 1.62 bits per heavy atom. The van der Waals surface area contributed by atoms with Crippen LogP contribution in [0.5, 0.6) is 5.75 Å². The number of halogens is 4. The van der Waals surface area contributed by atoms with Gasteiger partial charge in [-0.3, -0.25) is 4.79 Å². The summed E-state index contributed by atoms with van der Waals surface area (Å²) in [4.78, 5) is 12.3. The number of carbonyl (C=O) groups excluding carboxylic acids is 1. The fourth-order valence-corrected chi connectivity index (χ4v) is 4.20. The molecule has 0 heterocycles. The van der Waals surface area contributed by atoms with Crippen LogP contribution >= 0.6 is 12.4 Å². The van der Waals surface area contributed by atoms with Gasteiger partial charge in [0.15, 0.2) is 6.61 Å². The third-order valence-corrected chi connectivity index (χ3v) is 6.23. The lowest BCUT2D eigenvalue weighted by Gasteiger charge is -2.20. The topological polar surface area (TPSA) is 105 Å². The molecule has 0 saturated heterocycles. The number of nitrogens with one attached hydrogen (secondary N) is 2. The molecule has 0 aliphatic heterocycles. The molecule has 7 nitrogen and oxygen atoms in total. The molecule has 12 heteroatoms. The van der Waals surface area contributed by atoms with E-state index in [-0.39, 0.29) is 29.8 Å². The molecule has 0 radical (unpaired) electrons. The van der Waals surface area contributed by atoms with Crippen molar-refractivity contribution in [2.45, 2.75) is 31.7 Å². The van der Waals surface area contributed by atoms with E-state index in [1.54, 1.807) is 16.9 Å². The Balaban J connectivity index is 0.00000533. The molecule has 3 aromatic carbocycles. The zero-order chi connectivity index (χ0) is 27.9. The molecular weight excluding hydrogens is 557 g/mol. The van der Waals surface area contributed by atoms with Crippen LogP contribution < -0.4 is 14.8 Å². The third kappa shape index (κ3) is 10.2. The van der Waals surface area contributed by atoms with Crippen LogP contribution in [0.25, 0.3) is 11.1 Å². The van der Waals surface area contributed by atoms with E-state index in [1.165, 1.54) is 18.2 Å². The molecule has 0 unspecified atom stereocenters. The van der Waals surface area contributed by atoms with E-state index in [1.807, 2.05) is 49.4 Å². The predicted molar refractivity (Wildman–Crippen MR) is 146 cm³/mol. The number of amides is 1. The second kappa shape index (κ2) is 13.8. The fourth-order valence-electron chi connectivity index (χ4n) is 3.75. The van der Waals surface area contributed by atoms with Crippen LogP contribution in [0.1, 0.15) is 34.5 Å². The smallest absolute Gasteiger partial charge is 0.422 e. The molecule has 0 fully saturated rings. The van der Waals surface area contributed by atoms with E-state index in [0.717, 1.165) is 17.4 Å². The van der Waals surface area contributed by atoms with Gasteiger partial charge in [0.25, 0.3) is 5.91 Å². The van der Waals surface area contributed by atoms with E-state index in [0.29, 0.717) is 24.1 Å². The normalized spacial score (nSPS) is 13.2. The summed E-state index contributed by atoms with van der Waals surface area (Å²) in [5.74, 6) is -1.48. The minimum atomic E-state index is -4.65. The lowest BCUT2D eigenvalue weighted by molar-refractivity contribution is -0.153. The van der Waals surface area contributed by atoms with Crippen molar-refractivity contribution < 1.29 is 36.2 Å². The second-order valence-corrected chi connectivity index (χ2v) is 10.6. The molecule has 212 valence electrons. The van der Waals surface area contributed by atoms with Gasteiger partial charge in [0, 0.05) is 6.04 Å². The SMILES string of the molecule is C[C@H](NCCc1ccc(-c2ccc(C(=O)NS(C)(=O)=O)c(OCC(F)(F)F)c2)cc1)[C@H](O)c1ccccc1.Cl. The Morgan fingerprint density at radius 3 is 2.21 bits per heavy atom. The fraction of sp³-hybridized carbons (Fsp3) is 0.296. The number of rotatable bonds is 11. The van der Waals surface area contributed by atoms with Crippen molar-refractivity contribution in [3.05, 3.63) is 89.5 Å². The molecule has 3 N–H and O–H groups in total. The van der Waals surface area contributed by atoms with Gasteiger partial charge >= 0.3 is 6.18 Å². The first-order valence-electron chi connectivity index (χ1n) is 11.7. The Labute approximate surface area is 231 Å². The van der Waals surface area contributed by atoms with Crippen molar-refractivity contribution in [1.29, 1.82) is 0 Å². The van der Waals surface area contributed by atoms with Gasteiger partial charge in [0.1, 0.15) is 5.75 Å². The summed E-state index contributed by atoms with van der Waals surface area (Å²) in [6.07, 6.45) is -3.85. The highest BCUT2D eigenvalue weighted by Gasteiger charge is 2.29. The van der Waals surface area contributed by atoms with Gasteiger partial charge in [-0.05, 0) is 54.3 Å². The molecule has 0 aliphatic carbocycles. The number of carbonyl (C=O) groups is 1. The molecular formula is C27H30ClF3N2O5S. The molecule has 3 rings (SSSR count). The summed E-state index contributed by atoms with van der Waals surface area (Å²) >= 11 is 0. The first-order chi connectivity index (χ1) is 17.8. The minimum absolute atomic E-state index is 0. The molecule has 0 aromatic heterocycles. The van der Waals surface area contributed by atoms with Crippen LogP contribution in [0.4, 0.5) is 13.2 Å². The summed E-state index contributed by atoms with van der Waals surface area (Å²) in [5, 5.41) is 13.8. The van der Waals surface area contributed by atoms with Crippen molar-refractivity contribution in [3.63, 3.8) is 0 Å². The van der Waals surface area contributed by atoms with Gasteiger partial charge < -0.3 is 15.2 Å². The van der Waals surface area contributed by atoms with Crippen LogP contribution in [-0.4, -0.2) is 51.1 Å². The maximum absolute atomic E-state index is 12.8. The largest absolute Gasteiger partial charge is 0.483 e. The first-order valence-corrected chi connectivity index (χ1v) is 13.6. The lowest BCUT2D eigenvalue weighted by Crippen LogP contribution is -2.33. The number of hydrogen-bond donors (Lipinski definition) is 3. The zero-order valence-corrected chi connectivity index (χ0v) is 22.9. The monoisotopic (exact) mass is 586 g/mol. The van der Waals surface area contributed by atoms with Gasteiger partial charge in [0.2, 0.25) is 10.0 Å². The molecule has 0 bridgehead atoms. The summed E-state index contributed by atoms with van der Waals surface area (Å²) in [7, 11) is -3.93. The average Bonchev–Trinajstić information content (AvgIpc) is 2.86. The number of hydrogen-bond acceptors (Lipinski definition) is 6. The van der Waals surface area contributed by atoms with E-state index in [9.17, 15) is 31.5 Å². The van der Waals surface area contributed by atoms with Crippen LogP contribution in [0.15, 0.2) is 72.8 Å². The maximum Gasteiger partial charge on any atom is 0.422 e. The van der Waals surface area contributed by atoms with Crippen molar-refractivity contribution >= 4 is 28.3 Å². The van der Waals surface area contributed by atoms with Crippen molar-refractivity contribution in [2.24, 2.45) is 0 Å². The lowest BCUT2D eigenvalue weighted by atomic mass is 10.0. The minimum Gasteiger partial charge on any atom is -0.483 e. The summed E-state index contributed by atoms with van der Waals surface area (Å²) in [6, 6.07) is 20.5. The van der Waals surface area contributed by atoms with E-state index < -0.39 is 34.8 Å². The van der Waals surface area contributed by atoms with E-state index in [2.05, 4.69) is 5.32 Å².